The molecule has 11 heteroatoms. The molecule has 188 valence electrons. The van der Waals surface area contributed by atoms with Gasteiger partial charge in [-0.15, -0.1) is 11.3 Å². The summed E-state index contributed by atoms with van der Waals surface area (Å²) < 4.78 is 10.5. The minimum atomic E-state index is -0.450. The topological polar surface area (TPSA) is 140 Å². The van der Waals surface area contributed by atoms with Gasteiger partial charge in [-0.3, -0.25) is 14.4 Å². The Labute approximate surface area is 211 Å². The van der Waals surface area contributed by atoms with Crippen molar-refractivity contribution in [1.29, 1.82) is 0 Å². The number of amides is 1. The Morgan fingerprint density at radius 2 is 2.22 bits per heavy atom. The number of thiophene rings is 1. The number of H-pyrrole nitrogens is 1. The molecule has 4 N–H and O–H groups in total. The fourth-order valence-corrected chi connectivity index (χ4v) is 5.87. The number of nitrogens with one attached hydrogen (secondary N) is 2. The van der Waals surface area contributed by atoms with Crippen LogP contribution in [0.15, 0.2) is 34.4 Å². The number of allylic oxidation sites excluding steroid dienone is 1. The van der Waals surface area contributed by atoms with Crippen LogP contribution in [0.1, 0.15) is 37.7 Å². The highest BCUT2D eigenvalue weighted by atomic mass is 32.1. The number of nitrogens with two attached hydrogens (primary N) is 1. The van der Waals surface area contributed by atoms with Crippen molar-refractivity contribution in [2.24, 2.45) is 5.73 Å². The van der Waals surface area contributed by atoms with Gasteiger partial charge < -0.3 is 30.4 Å². The summed E-state index contributed by atoms with van der Waals surface area (Å²) in [4.78, 5) is 47.7. The number of aldehydes is 1. The molecule has 0 saturated heterocycles. The lowest BCUT2D eigenvalue weighted by atomic mass is 9.97. The second-order valence-electron chi connectivity index (χ2n) is 8.82. The molecule has 5 rings (SSSR count). The van der Waals surface area contributed by atoms with Gasteiger partial charge in [0.1, 0.15) is 4.83 Å². The second kappa shape index (κ2) is 10.2. The monoisotopic (exact) mass is 509 g/mol. The first-order valence-electron chi connectivity index (χ1n) is 11.7. The van der Waals surface area contributed by atoms with E-state index in [4.69, 9.17) is 15.2 Å². The van der Waals surface area contributed by atoms with Crippen LogP contribution in [0.3, 0.4) is 0 Å². The van der Waals surface area contributed by atoms with Gasteiger partial charge in [0.05, 0.1) is 36.6 Å². The number of fused-ring (bicyclic) bond motifs is 4. The lowest BCUT2D eigenvalue weighted by Crippen LogP contribution is -2.33. The van der Waals surface area contributed by atoms with E-state index in [0.29, 0.717) is 54.3 Å². The number of aromatic nitrogens is 2. The number of nitrogens with zero attached hydrogens (tertiary/aromatic N) is 2. The molecule has 1 amide bonds. The molecule has 1 aromatic carbocycles. The summed E-state index contributed by atoms with van der Waals surface area (Å²) in [6.07, 6.45) is 2.22. The Morgan fingerprint density at radius 1 is 1.36 bits per heavy atom. The van der Waals surface area contributed by atoms with Gasteiger partial charge in [-0.05, 0) is 35.1 Å². The Kier molecular flexibility index (Phi) is 6.86. The van der Waals surface area contributed by atoms with Crippen LogP contribution in [0.2, 0.25) is 0 Å². The van der Waals surface area contributed by atoms with Crippen LogP contribution in [-0.4, -0.2) is 53.9 Å². The van der Waals surface area contributed by atoms with E-state index in [-0.39, 0.29) is 24.5 Å². The van der Waals surface area contributed by atoms with Gasteiger partial charge in [-0.2, -0.15) is 0 Å². The van der Waals surface area contributed by atoms with Gasteiger partial charge in [-0.25, -0.2) is 4.98 Å². The molecular weight excluding hydrogens is 482 g/mol. The number of hydrogen-bond donors (Lipinski definition) is 3. The number of hydrogen-bond acceptors (Lipinski definition) is 9. The highest BCUT2D eigenvalue weighted by Gasteiger charge is 2.23. The quantitative estimate of drug-likeness (QED) is 0.320. The number of benzene rings is 1. The van der Waals surface area contributed by atoms with Crippen LogP contribution in [0.4, 0.5) is 0 Å². The zero-order chi connectivity index (χ0) is 25.2. The third kappa shape index (κ3) is 4.64. The Hall–Kier alpha value is -3.54. The molecule has 2 aliphatic heterocycles. The van der Waals surface area contributed by atoms with E-state index in [1.807, 2.05) is 23.1 Å². The van der Waals surface area contributed by atoms with Crippen LogP contribution in [-0.2, 0) is 46.8 Å². The summed E-state index contributed by atoms with van der Waals surface area (Å²) >= 11 is 1.40. The molecule has 4 heterocycles. The number of carbonyl (C=O) groups is 2. The molecule has 0 unspecified atom stereocenters. The molecule has 0 atom stereocenters. The number of rotatable bonds is 7. The Bertz CT molecular complexity index is 1430. The van der Waals surface area contributed by atoms with Gasteiger partial charge in [0.25, 0.3) is 11.5 Å². The second-order valence-corrected chi connectivity index (χ2v) is 9.90. The van der Waals surface area contributed by atoms with Crippen molar-refractivity contribution >= 4 is 33.7 Å². The van der Waals surface area contributed by atoms with Crippen molar-refractivity contribution in [3.8, 4) is 0 Å². The maximum Gasteiger partial charge on any atom is 0.287 e. The highest BCUT2D eigenvalue weighted by Crippen LogP contribution is 2.31. The van der Waals surface area contributed by atoms with Crippen molar-refractivity contribution in [3.63, 3.8) is 0 Å². The van der Waals surface area contributed by atoms with Crippen molar-refractivity contribution in [3.05, 3.63) is 72.9 Å². The number of aromatic amines is 1. The van der Waals surface area contributed by atoms with E-state index in [1.54, 1.807) is 0 Å². The molecule has 2 aliphatic rings. The predicted molar refractivity (Wildman–Crippen MR) is 134 cm³/mol. The lowest BCUT2D eigenvalue weighted by Gasteiger charge is -2.31. The predicted octanol–water partition coefficient (Wildman–Crippen LogP) is 1.36. The van der Waals surface area contributed by atoms with Crippen molar-refractivity contribution < 1.29 is 19.1 Å². The molecule has 0 bridgehead atoms. The van der Waals surface area contributed by atoms with E-state index in [2.05, 4.69) is 15.3 Å². The van der Waals surface area contributed by atoms with Crippen molar-refractivity contribution in [1.82, 2.24) is 20.2 Å². The first-order chi connectivity index (χ1) is 17.5. The molecular formula is C25H27N5O5S. The zero-order valence-electron chi connectivity index (χ0n) is 19.9. The summed E-state index contributed by atoms with van der Waals surface area (Å²) in [7, 11) is 1.54. The van der Waals surface area contributed by atoms with Crippen LogP contribution in [0, 0.1) is 0 Å². The number of carbonyl (C=O) groups excluding carboxylic acids is 2. The van der Waals surface area contributed by atoms with Gasteiger partial charge in [0, 0.05) is 31.6 Å². The molecule has 0 radical (unpaired) electrons. The van der Waals surface area contributed by atoms with E-state index in [1.165, 1.54) is 24.0 Å². The summed E-state index contributed by atoms with van der Waals surface area (Å²) in [5, 5.41) is 3.41. The molecule has 10 nitrogen and oxygen atoms in total. The molecule has 0 fully saturated rings. The SMILES string of the molecule is COC/C(N)=C(\C=O)N1CCc2ccc(CNC(=O)c3nc4sc5c(c4c(=O)[nH]3)CCOC5)cc2C1. The summed E-state index contributed by atoms with van der Waals surface area (Å²) in [6.45, 7) is 2.72. The third-order valence-electron chi connectivity index (χ3n) is 6.51. The minimum absolute atomic E-state index is 0.00877. The standard InChI is InChI=1S/C25H27N5O5S/c1-34-12-18(26)19(11-31)30-6-4-15-3-2-14(8-16(15)10-30)9-27-24(33)22-28-23(32)21-17-5-7-35-13-20(17)36-25(21)29-22/h2-3,8,11H,4-7,9-10,12-13,26H2,1H3,(H,27,33)(H,28,29,32)/b19-18-. The van der Waals surface area contributed by atoms with Gasteiger partial charge in [0.2, 0.25) is 5.82 Å². The third-order valence-corrected chi connectivity index (χ3v) is 7.61. The van der Waals surface area contributed by atoms with Crippen molar-refractivity contribution in [2.75, 3.05) is 26.9 Å². The largest absolute Gasteiger partial charge is 0.398 e. The van der Waals surface area contributed by atoms with Gasteiger partial charge in [-0.1, -0.05) is 18.2 Å². The van der Waals surface area contributed by atoms with Crippen LogP contribution < -0.4 is 16.6 Å². The first-order valence-corrected chi connectivity index (χ1v) is 12.5. The van der Waals surface area contributed by atoms with Crippen LogP contribution >= 0.6 is 11.3 Å². The van der Waals surface area contributed by atoms with Crippen LogP contribution in [0.25, 0.3) is 10.2 Å². The maximum absolute atomic E-state index is 12.8. The normalized spacial score (nSPS) is 15.8. The average Bonchev–Trinajstić information content (AvgIpc) is 3.26. The number of methoxy groups -OCH3 is 1. The fraction of sp³-hybridized carbons (Fsp3) is 0.360. The summed E-state index contributed by atoms with van der Waals surface area (Å²) in [5.74, 6) is -0.458. The number of ether oxygens (including phenoxy) is 2. The van der Waals surface area contributed by atoms with E-state index >= 15 is 0 Å². The highest BCUT2D eigenvalue weighted by molar-refractivity contribution is 7.18. The van der Waals surface area contributed by atoms with E-state index < -0.39 is 5.91 Å². The molecule has 2 aromatic heterocycles. The van der Waals surface area contributed by atoms with Gasteiger partial charge >= 0.3 is 0 Å². The van der Waals surface area contributed by atoms with Gasteiger partial charge in [0.15, 0.2) is 6.29 Å². The van der Waals surface area contributed by atoms with Crippen LogP contribution in [0.5, 0.6) is 0 Å². The van der Waals surface area contributed by atoms with E-state index in [0.717, 1.165) is 34.3 Å². The van der Waals surface area contributed by atoms with E-state index in [9.17, 15) is 14.4 Å². The molecule has 0 saturated carbocycles. The summed E-state index contributed by atoms with van der Waals surface area (Å²) in [6, 6.07) is 6.03. The molecule has 0 aliphatic carbocycles. The average molecular weight is 510 g/mol. The Balaban J connectivity index is 1.30. The smallest absolute Gasteiger partial charge is 0.287 e. The lowest BCUT2D eigenvalue weighted by molar-refractivity contribution is -0.106. The fourth-order valence-electron chi connectivity index (χ4n) is 4.71. The maximum atomic E-state index is 12.8. The zero-order valence-corrected chi connectivity index (χ0v) is 20.7. The Morgan fingerprint density at radius 3 is 3.03 bits per heavy atom. The molecule has 0 spiro atoms. The molecule has 3 aromatic rings. The summed E-state index contributed by atoms with van der Waals surface area (Å²) in [5.41, 5.74) is 10.7. The molecule has 36 heavy (non-hydrogen) atoms. The van der Waals surface area contributed by atoms with Crippen molar-refractivity contribution in [2.45, 2.75) is 32.5 Å². The minimum Gasteiger partial charge on any atom is -0.398 e. The first kappa shape index (κ1) is 24.2.